The molecule has 0 radical (unpaired) electrons. The monoisotopic (exact) mass is 253 g/mol. The molecule has 2 rings (SSSR count). The molecule has 6 nitrogen and oxygen atoms in total. The molecule has 0 amide bonds. The summed E-state index contributed by atoms with van der Waals surface area (Å²) in [4.78, 5) is 10.2. The number of nitrogens with zero attached hydrogens (tertiary/aromatic N) is 3. The summed E-state index contributed by atoms with van der Waals surface area (Å²) >= 11 is 0. The first-order valence-electron chi connectivity index (χ1n) is 6.44. The Kier molecular flexibility index (Phi) is 3.96. The molecule has 1 atom stereocenters. The second-order valence-electron chi connectivity index (χ2n) is 5.08. The lowest BCUT2D eigenvalue weighted by atomic mass is 9.85. The Labute approximate surface area is 106 Å². The van der Waals surface area contributed by atoms with Gasteiger partial charge in [0.15, 0.2) is 0 Å². The van der Waals surface area contributed by atoms with Gasteiger partial charge in [0.1, 0.15) is 0 Å². The Bertz CT molecular complexity index is 424. The third-order valence-electron chi connectivity index (χ3n) is 3.66. The van der Waals surface area contributed by atoms with E-state index >= 15 is 0 Å². The fraction of sp³-hybridized carbons (Fsp3) is 0.750. The summed E-state index contributed by atoms with van der Waals surface area (Å²) in [6.45, 7) is 2.01. The molecule has 1 unspecified atom stereocenters. The van der Waals surface area contributed by atoms with Crippen molar-refractivity contribution in [3.63, 3.8) is 0 Å². The molecule has 1 aromatic rings. The van der Waals surface area contributed by atoms with Crippen LogP contribution in [0.1, 0.15) is 37.7 Å². The second kappa shape index (κ2) is 5.48. The largest absolute Gasteiger partial charge is 0.392 e. The number of nitro groups is 1. The molecular weight excluding hydrogens is 234 g/mol. The quantitative estimate of drug-likeness (QED) is 0.657. The third kappa shape index (κ3) is 2.87. The molecule has 1 heterocycles. The van der Waals surface area contributed by atoms with Gasteiger partial charge in [-0.05, 0) is 30.6 Å². The molecule has 1 fully saturated rings. The minimum Gasteiger partial charge on any atom is -0.391 e. The maximum Gasteiger partial charge on any atom is 0.392 e. The van der Waals surface area contributed by atoms with E-state index in [1.54, 1.807) is 13.1 Å². The van der Waals surface area contributed by atoms with Gasteiger partial charge in [0.2, 0.25) is 0 Å². The fourth-order valence-electron chi connectivity index (χ4n) is 2.64. The molecule has 1 aromatic heterocycles. The van der Waals surface area contributed by atoms with Crippen molar-refractivity contribution in [1.29, 1.82) is 0 Å². The van der Waals surface area contributed by atoms with Gasteiger partial charge in [0.05, 0.1) is 29.5 Å². The molecule has 0 aliphatic heterocycles. The van der Waals surface area contributed by atoms with Crippen molar-refractivity contribution in [3.05, 3.63) is 21.9 Å². The van der Waals surface area contributed by atoms with Gasteiger partial charge < -0.3 is 15.2 Å². The van der Waals surface area contributed by atoms with Gasteiger partial charge in [-0.3, -0.25) is 0 Å². The van der Waals surface area contributed by atoms with Gasteiger partial charge >= 0.3 is 5.82 Å². The Morgan fingerprint density at radius 1 is 1.56 bits per heavy atom. The van der Waals surface area contributed by atoms with Crippen LogP contribution in [0.2, 0.25) is 0 Å². The van der Waals surface area contributed by atoms with Crippen molar-refractivity contribution < 1.29 is 10.0 Å². The Hall–Kier alpha value is -1.43. The lowest BCUT2D eigenvalue weighted by molar-refractivity contribution is -0.390. The summed E-state index contributed by atoms with van der Waals surface area (Å²) in [6.07, 6.45) is 6.84. The van der Waals surface area contributed by atoms with Crippen LogP contribution in [0.15, 0.2) is 6.20 Å². The highest BCUT2D eigenvalue weighted by molar-refractivity contribution is 5.28. The average Bonchev–Trinajstić information content (AvgIpc) is 2.71. The number of aliphatic hydroxyl groups excluding tert-OH is 1. The topological polar surface area (TPSA) is 81.2 Å². The summed E-state index contributed by atoms with van der Waals surface area (Å²) < 4.78 is 1.49. The summed E-state index contributed by atoms with van der Waals surface area (Å²) in [5.74, 6) is 0.188. The summed E-state index contributed by atoms with van der Waals surface area (Å²) in [7, 11) is 0. The Morgan fingerprint density at radius 3 is 2.78 bits per heavy atom. The van der Waals surface area contributed by atoms with Gasteiger partial charge in [0, 0.05) is 0 Å². The number of aryl methyl sites for hydroxylation is 1. The smallest absolute Gasteiger partial charge is 0.391 e. The molecule has 18 heavy (non-hydrogen) atoms. The molecular formula is C12H19N3O3. The molecule has 1 aliphatic rings. The van der Waals surface area contributed by atoms with Crippen LogP contribution in [0.3, 0.4) is 0 Å². The SMILES string of the molecule is Cc1cn(CC(O)C2CCCCC2)nc1[N+](=O)[O-]. The zero-order valence-electron chi connectivity index (χ0n) is 10.6. The normalized spacial score (nSPS) is 18.8. The van der Waals surface area contributed by atoms with Gasteiger partial charge in [-0.25, -0.2) is 0 Å². The lowest BCUT2D eigenvalue weighted by Crippen LogP contribution is -2.27. The van der Waals surface area contributed by atoms with Crippen molar-refractivity contribution in [2.24, 2.45) is 5.92 Å². The molecule has 100 valence electrons. The standard InChI is InChI=1S/C12H19N3O3/c1-9-7-14(13-12(9)15(17)18)8-11(16)10-5-3-2-4-6-10/h7,10-11,16H,2-6,8H2,1H3. The maximum atomic E-state index is 10.7. The van der Waals surface area contributed by atoms with E-state index in [4.69, 9.17) is 0 Å². The number of aromatic nitrogens is 2. The second-order valence-corrected chi connectivity index (χ2v) is 5.08. The first kappa shape index (κ1) is 13.0. The predicted molar refractivity (Wildman–Crippen MR) is 66.2 cm³/mol. The minimum absolute atomic E-state index is 0.120. The van der Waals surface area contributed by atoms with Crippen molar-refractivity contribution >= 4 is 5.82 Å². The van der Waals surface area contributed by atoms with E-state index in [2.05, 4.69) is 5.10 Å². The van der Waals surface area contributed by atoms with Crippen molar-refractivity contribution in [2.75, 3.05) is 0 Å². The average molecular weight is 253 g/mol. The number of hydrogen-bond donors (Lipinski definition) is 1. The van der Waals surface area contributed by atoms with E-state index in [1.165, 1.54) is 23.9 Å². The van der Waals surface area contributed by atoms with E-state index in [1.807, 2.05) is 0 Å². The lowest BCUT2D eigenvalue weighted by Gasteiger charge is -2.25. The van der Waals surface area contributed by atoms with Crippen LogP contribution in [-0.2, 0) is 6.54 Å². The van der Waals surface area contributed by atoms with Crippen LogP contribution < -0.4 is 0 Å². The summed E-state index contributed by atoms with van der Waals surface area (Å²) in [5, 5.41) is 24.7. The van der Waals surface area contributed by atoms with Gasteiger partial charge in [0.25, 0.3) is 0 Å². The number of hydrogen-bond acceptors (Lipinski definition) is 4. The molecule has 1 saturated carbocycles. The fourth-order valence-corrected chi connectivity index (χ4v) is 2.64. The highest BCUT2D eigenvalue weighted by Crippen LogP contribution is 2.27. The van der Waals surface area contributed by atoms with Crippen LogP contribution in [-0.4, -0.2) is 25.9 Å². The minimum atomic E-state index is -0.487. The molecule has 0 spiro atoms. The number of rotatable bonds is 4. The van der Waals surface area contributed by atoms with E-state index < -0.39 is 11.0 Å². The molecule has 0 bridgehead atoms. The molecule has 1 N–H and O–H groups in total. The highest BCUT2D eigenvalue weighted by Gasteiger charge is 2.25. The van der Waals surface area contributed by atoms with Gasteiger partial charge in [-0.1, -0.05) is 19.3 Å². The Morgan fingerprint density at radius 2 is 2.22 bits per heavy atom. The van der Waals surface area contributed by atoms with Crippen molar-refractivity contribution in [2.45, 2.75) is 51.7 Å². The van der Waals surface area contributed by atoms with E-state index in [0.717, 1.165) is 12.8 Å². The van der Waals surface area contributed by atoms with Crippen LogP contribution in [0.5, 0.6) is 0 Å². The Balaban J connectivity index is 2.00. The van der Waals surface area contributed by atoms with E-state index in [-0.39, 0.29) is 5.82 Å². The van der Waals surface area contributed by atoms with Gasteiger partial charge in [-0.15, -0.1) is 0 Å². The predicted octanol–water partition coefficient (Wildman–Crippen LogP) is 2.04. The van der Waals surface area contributed by atoms with E-state index in [0.29, 0.717) is 18.0 Å². The third-order valence-corrected chi connectivity index (χ3v) is 3.66. The van der Waals surface area contributed by atoms with Crippen LogP contribution >= 0.6 is 0 Å². The first-order chi connectivity index (χ1) is 8.58. The summed E-state index contributed by atoms with van der Waals surface area (Å²) in [5.41, 5.74) is 0.538. The van der Waals surface area contributed by atoms with Crippen molar-refractivity contribution in [1.82, 2.24) is 9.78 Å². The highest BCUT2D eigenvalue weighted by atomic mass is 16.6. The molecule has 0 aromatic carbocycles. The van der Waals surface area contributed by atoms with Crippen LogP contribution in [0.25, 0.3) is 0 Å². The van der Waals surface area contributed by atoms with Gasteiger partial charge in [-0.2, -0.15) is 4.68 Å². The number of aliphatic hydroxyl groups is 1. The molecule has 0 saturated heterocycles. The first-order valence-corrected chi connectivity index (χ1v) is 6.44. The zero-order chi connectivity index (χ0) is 13.1. The molecule has 6 heteroatoms. The van der Waals surface area contributed by atoms with E-state index in [9.17, 15) is 15.2 Å². The zero-order valence-corrected chi connectivity index (χ0v) is 10.6. The van der Waals surface area contributed by atoms with Crippen molar-refractivity contribution in [3.8, 4) is 0 Å². The van der Waals surface area contributed by atoms with Crippen LogP contribution in [0, 0.1) is 23.0 Å². The van der Waals surface area contributed by atoms with Crippen LogP contribution in [0.4, 0.5) is 5.82 Å². The summed E-state index contributed by atoms with van der Waals surface area (Å²) in [6, 6.07) is 0. The maximum absolute atomic E-state index is 10.7. The molecule has 1 aliphatic carbocycles.